The molecule has 2 aliphatic rings. The van der Waals surface area contributed by atoms with Gasteiger partial charge in [-0.15, -0.1) is 0 Å². The molecule has 8 nitrogen and oxygen atoms in total. The molecule has 2 N–H and O–H groups in total. The highest BCUT2D eigenvalue weighted by Crippen LogP contribution is 2.47. The number of rotatable bonds is 8. The monoisotopic (exact) mass is 484 g/mol. The van der Waals surface area contributed by atoms with E-state index in [1.165, 1.54) is 16.7 Å². The van der Waals surface area contributed by atoms with Crippen LogP contribution in [-0.4, -0.2) is 53.8 Å². The minimum Gasteiger partial charge on any atom is -0.350 e. The Kier molecular flexibility index (Phi) is 6.95. The van der Waals surface area contributed by atoms with E-state index in [4.69, 9.17) is 0 Å². The van der Waals surface area contributed by atoms with Gasteiger partial charge in [0.05, 0.1) is 0 Å². The second kappa shape index (κ2) is 9.76. The number of hydrogen-bond acceptors (Lipinski definition) is 4. The molecule has 4 rings (SSSR count). The van der Waals surface area contributed by atoms with Crippen molar-refractivity contribution in [3.8, 4) is 0 Å². The molecule has 1 aliphatic heterocycles. The molecule has 2 aromatic rings. The molecular formula is C25H32N4O4S. The zero-order valence-electron chi connectivity index (χ0n) is 19.5. The van der Waals surface area contributed by atoms with Crippen LogP contribution in [0.1, 0.15) is 48.2 Å². The van der Waals surface area contributed by atoms with E-state index in [2.05, 4.69) is 17.2 Å². The van der Waals surface area contributed by atoms with E-state index in [1.807, 2.05) is 30.3 Å². The maximum Gasteiger partial charge on any atom is 0.267 e. The molecule has 2 fully saturated rings. The number of aromatic nitrogens is 1. The van der Waals surface area contributed by atoms with Crippen molar-refractivity contribution >= 4 is 21.8 Å². The molecule has 1 unspecified atom stereocenters. The third-order valence-electron chi connectivity index (χ3n) is 7.06. The summed E-state index contributed by atoms with van der Waals surface area (Å²) in [5.74, 6) is -0.537. The molecule has 1 saturated heterocycles. The highest BCUT2D eigenvalue weighted by atomic mass is 32.2. The fourth-order valence-corrected chi connectivity index (χ4v) is 7.14. The number of amides is 2. The van der Waals surface area contributed by atoms with Crippen LogP contribution in [0.25, 0.3) is 0 Å². The fraction of sp³-hybridized carbons (Fsp3) is 0.440. The lowest BCUT2D eigenvalue weighted by atomic mass is 9.70. The van der Waals surface area contributed by atoms with Gasteiger partial charge in [0.15, 0.2) is 5.03 Å². The number of nitrogens with one attached hydrogen (secondary N) is 2. The van der Waals surface area contributed by atoms with Crippen LogP contribution >= 0.6 is 0 Å². The lowest BCUT2D eigenvalue weighted by Crippen LogP contribution is -2.63. The van der Waals surface area contributed by atoms with Crippen molar-refractivity contribution in [2.75, 3.05) is 13.1 Å². The summed E-state index contributed by atoms with van der Waals surface area (Å²) >= 11 is 0. The van der Waals surface area contributed by atoms with Gasteiger partial charge in [-0.3, -0.25) is 9.59 Å². The Labute approximate surface area is 201 Å². The Morgan fingerprint density at radius 3 is 2.56 bits per heavy atom. The second-order valence-corrected chi connectivity index (χ2v) is 11.0. The molecule has 1 atom stereocenters. The highest BCUT2D eigenvalue weighted by Gasteiger charge is 2.52. The zero-order chi connectivity index (χ0) is 24.3. The van der Waals surface area contributed by atoms with Crippen molar-refractivity contribution in [3.05, 3.63) is 66.4 Å². The first-order valence-electron chi connectivity index (χ1n) is 11.7. The third-order valence-corrected chi connectivity index (χ3v) is 9.15. The summed E-state index contributed by atoms with van der Waals surface area (Å²) in [5.41, 5.74) is 0.942. The van der Waals surface area contributed by atoms with Crippen molar-refractivity contribution < 1.29 is 18.0 Å². The number of nitrogens with zero attached hydrogens (tertiary/aromatic N) is 2. The quantitative estimate of drug-likeness (QED) is 0.562. The first-order valence-corrected chi connectivity index (χ1v) is 13.1. The Morgan fingerprint density at radius 2 is 1.91 bits per heavy atom. The van der Waals surface area contributed by atoms with Crippen LogP contribution in [0.2, 0.25) is 0 Å². The summed E-state index contributed by atoms with van der Waals surface area (Å²) < 4.78 is 30.5. The number of piperidine rings is 1. The van der Waals surface area contributed by atoms with E-state index in [9.17, 15) is 18.0 Å². The second-order valence-electron chi connectivity index (χ2n) is 9.16. The maximum atomic E-state index is 13.7. The number of hydrogen-bond donors (Lipinski definition) is 2. The van der Waals surface area contributed by atoms with Gasteiger partial charge in [0.2, 0.25) is 5.91 Å². The van der Waals surface area contributed by atoms with Crippen LogP contribution in [0.5, 0.6) is 0 Å². The van der Waals surface area contributed by atoms with E-state index < -0.39 is 15.6 Å². The lowest BCUT2D eigenvalue weighted by Gasteiger charge is -2.54. The van der Waals surface area contributed by atoms with Crippen molar-refractivity contribution in [1.29, 1.82) is 0 Å². The summed E-state index contributed by atoms with van der Waals surface area (Å²) in [6, 6.07) is 12.9. The fourth-order valence-electron chi connectivity index (χ4n) is 5.12. The Hall–Kier alpha value is -2.91. The normalized spacial score (nSPS) is 19.9. The smallest absolute Gasteiger partial charge is 0.267 e. The average molecular weight is 485 g/mol. The van der Waals surface area contributed by atoms with Crippen LogP contribution in [0, 0.1) is 0 Å². The molecule has 1 aromatic carbocycles. The Balaban J connectivity index is 1.47. The predicted molar refractivity (Wildman–Crippen MR) is 130 cm³/mol. The first kappa shape index (κ1) is 24.2. The molecule has 1 aromatic heterocycles. The molecule has 182 valence electrons. The van der Waals surface area contributed by atoms with Crippen LogP contribution in [0.15, 0.2) is 60.1 Å². The molecule has 34 heavy (non-hydrogen) atoms. The van der Waals surface area contributed by atoms with E-state index in [0.717, 1.165) is 24.8 Å². The van der Waals surface area contributed by atoms with Gasteiger partial charge in [-0.1, -0.05) is 36.9 Å². The molecule has 2 amide bonds. The number of carbonyl (C=O) groups excluding carboxylic acids is 2. The molecule has 0 bridgehead atoms. The van der Waals surface area contributed by atoms with E-state index in [-0.39, 0.29) is 22.9 Å². The number of sulfonamides is 1. The van der Waals surface area contributed by atoms with Crippen molar-refractivity contribution in [2.24, 2.45) is 7.05 Å². The topological polar surface area (TPSA) is 101 Å². The Bertz CT molecular complexity index is 1170. The minimum absolute atomic E-state index is 0.0726. The summed E-state index contributed by atoms with van der Waals surface area (Å²) in [6.07, 6.45) is 5.56. The minimum atomic E-state index is -3.81. The van der Waals surface area contributed by atoms with Gasteiger partial charge >= 0.3 is 0 Å². The molecule has 0 radical (unpaired) electrons. The molecule has 1 aliphatic carbocycles. The van der Waals surface area contributed by atoms with Crippen molar-refractivity contribution in [1.82, 2.24) is 19.5 Å². The van der Waals surface area contributed by atoms with Crippen molar-refractivity contribution in [2.45, 2.75) is 55.1 Å². The maximum absolute atomic E-state index is 13.7. The van der Waals surface area contributed by atoms with Gasteiger partial charge in [0, 0.05) is 31.7 Å². The van der Waals surface area contributed by atoms with Crippen LogP contribution in [0.4, 0.5) is 0 Å². The van der Waals surface area contributed by atoms with Gasteiger partial charge in [0.1, 0.15) is 5.69 Å². The van der Waals surface area contributed by atoms with Gasteiger partial charge in [0.25, 0.3) is 15.9 Å². The number of carbonyl (C=O) groups is 2. The third kappa shape index (κ3) is 4.67. The van der Waals surface area contributed by atoms with Gasteiger partial charge in [-0.25, -0.2) is 8.42 Å². The first-order chi connectivity index (χ1) is 16.3. The van der Waals surface area contributed by atoms with E-state index in [0.29, 0.717) is 38.0 Å². The highest BCUT2D eigenvalue weighted by molar-refractivity contribution is 7.89. The Morgan fingerprint density at radius 1 is 1.18 bits per heavy atom. The van der Waals surface area contributed by atoms with Crippen LogP contribution < -0.4 is 10.6 Å². The SMILES string of the molecule is C=CC(=O)NC1CCN(S(=O)(=O)c2ccc(C(=O)NCCc3ccccc3)n2C)C2(CCC2)C1. The molecular weight excluding hydrogens is 452 g/mol. The summed E-state index contributed by atoms with van der Waals surface area (Å²) in [7, 11) is -2.20. The molecule has 9 heteroatoms. The van der Waals surface area contributed by atoms with Gasteiger partial charge in [-0.2, -0.15) is 4.31 Å². The van der Waals surface area contributed by atoms with E-state index >= 15 is 0 Å². The predicted octanol–water partition coefficient (Wildman–Crippen LogP) is 2.38. The molecule has 2 heterocycles. The number of benzene rings is 1. The summed E-state index contributed by atoms with van der Waals surface area (Å²) in [6.45, 7) is 4.29. The lowest BCUT2D eigenvalue weighted by molar-refractivity contribution is -0.117. The zero-order valence-corrected chi connectivity index (χ0v) is 20.3. The standard InChI is InChI=1S/C25H32N4O4S/c1-3-22(30)27-20-13-17-29(25(18-20)14-7-15-25)34(32,33)23-11-10-21(28(23)2)24(31)26-16-12-19-8-5-4-6-9-19/h3-6,8-11,20H,1,7,12-18H2,2H3,(H,26,31)(H,27,30). The van der Waals surface area contributed by atoms with Crippen molar-refractivity contribution in [3.63, 3.8) is 0 Å². The molecule has 1 spiro atoms. The van der Waals surface area contributed by atoms with Crippen LogP contribution in [-0.2, 0) is 28.3 Å². The average Bonchev–Trinajstić information content (AvgIpc) is 3.20. The summed E-state index contributed by atoms with van der Waals surface area (Å²) in [5, 5.41) is 5.92. The van der Waals surface area contributed by atoms with Gasteiger partial charge < -0.3 is 15.2 Å². The van der Waals surface area contributed by atoms with Crippen LogP contribution in [0.3, 0.4) is 0 Å². The largest absolute Gasteiger partial charge is 0.350 e. The molecule has 1 saturated carbocycles. The van der Waals surface area contributed by atoms with Gasteiger partial charge in [-0.05, 0) is 62.3 Å². The summed E-state index contributed by atoms with van der Waals surface area (Å²) in [4.78, 5) is 24.5. The van der Waals surface area contributed by atoms with E-state index in [1.54, 1.807) is 17.4 Å².